The van der Waals surface area contributed by atoms with E-state index in [1.165, 1.54) is 32.0 Å². The van der Waals surface area contributed by atoms with Crippen LogP contribution in [0.25, 0.3) is 0 Å². The van der Waals surface area contributed by atoms with Crippen LogP contribution in [0.5, 0.6) is 5.75 Å². The molecule has 2 aliphatic rings. The van der Waals surface area contributed by atoms with Crippen molar-refractivity contribution in [1.82, 2.24) is 5.32 Å². The summed E-state index contributed by atoms with van der Waals surface area (Å²) in [5, 5.41) is 3.20. The number of carbonyl (C=O) groups is 4. The third-order valence-electron chi connectivity index (χ3n) is 6.59. The number of amides is 1. The largest absolute Gasteiger partial charge is 0.460 e. The first kappa shape index (κ1) is 31.3. The average Bonchev–Trinajstić information content (AvgIpc) is 3.76. The van der Waals surface area contributed by atoms with Gasteiger partial charge in [0.05, 0.1) is 24.3 Å². The van der Waals surface area contributed by atoms with Gasteiger partial charge >= 0.3 is 17.9 Å². The molecule has 226 valence electrons. The fourth-order valence-corrected chi connectivity index (χ4v) is 4.73. The third kappa shape index (κ3) is 8.43. The fourth-order valence-electron chi connectivity index (χ4n) is 4.56. The smallest absolute Gasteiger partial charge is 0.303 e. The first-order valence-electron chi connectivity index (χ1n) is 13.6. The van der Waals surface area contributed by atoms with Crippen LogP contribution in [0.4, 0.5) is 0 Å². The Morgan fingerprint density at radius 3 is 2.14 bits per heavy atom. The lowest BCUT2D eigenvalue weighted by Crippen LogP contribution is -2.63. The summed E-state index contributed by atoms with van der Waals surface area (Å²) in [7, 11) is 0. The Hall–Kier alpha value is -3.67. The van der Waals surface area contributed by atoms with Crippen LogP contribution >= 0.6 is 11.6 Å². The van der Waals surface area contributed by atoms with E-state index in [2.05, 4.69) is 5.32 Å². The second kappa shape index (κ2) is 14.0. The zero-order valence-corrected chi connectivity index (χ0v) is 24.5. The molecule has 1 aliphatic heterocycles. The molecule has 2 aromatic rings. The molecule has 42 heavy (non-hydrogen) atoms. The Balaban J connectivity index is 1.66. The van der Waals surface area contributed by atoms with Crippen molar-refractivity contribution in [3.05, 3.63) is 64.7 Å². The number of ether oxygens (including phenoxy) is 6. The Labute approximate surface area is 248 Å². The van der Waals surface area contributed by atoms with E-state index in [9.17, 15) is 19.2 Å². The zero-order valence-electron chi connectivity index (χ0n) is 23.7. The average molecular weight is 604 g/mol. The van der Waals surface area contributed by atoms with Crippen LogP contribution in [0.3, 0.4) is 0 Å². The number of halogens is 1. The van der Waals surface area contributed by atoms with E-state index < -0.39 is 54.5 Å². The van der Waals surface area contributed by atoms with Gasteiger partial charge < -0.3 is 33.7 Å². The second-order valence-corrected chi connectivity index (χ2v) is 10.6. The quantitative estimate of drug-likeness (QED) is 0.297. The molecule has 12 heteroatoms. The van der Waals surface area contributed by atoms with Crippen LogP contribution < -0.4 is 10.1 Å². The van der Waals surface area contributed by atoms with Crippen LogP contribution in [0.1, 0.15) is 62.5 Å². The molecule has 1 heterocycles. The molecule has 1 saturated carbocycles. The number of benzene rings is 2. The van der Waals surface area contributed by atoms with E-state index in [4.69, 9.17) is 40.0 Å². The van der Waals surface area contributed by atoms with Gasteiger partial charge in [0.1, 0.15) is 11.9 Å². The summed E-state index contributed by atoms with van der Waals surface area (Å²) in [6.45, 7) is 5.35. The van der Waals surface area contributed by atoms with Crippen molar-refractivity contribution >= 4 is 35.4 Å². The lowest BCUT2D eigenvalue weighted by Gasteiger charge is -2.44. The molecule has 1 saturated heterocycles. The first-order valence-corrected chi connectivity index (χ1v) is 14.0. The molecular formula is C30H34ClNO10. The molecule has 11 nitrogen and oxygen atoms in total. The highest BCUT2D eigenvalue weighted by Gasteiger charge is 2.53. The summed E-state index contributed by atoms with van der Waals surface area (Å²) in [5.41, 5.74) is 0.979. The van der Waals surface area contributed by atoms with Crippen molar-refractivity contribution in [2.24, 2.45) is 0 Å². The Morgan fingerprint density at radius 1 is 0.905 bits per heavy atom. The minimum absolute atomic E-state index is 0.0183. The van der Waals surface area contributed by atoms with Gasteiger partial charge in [0.2, 0.25) is 12.4 Å². The van der Waals surface area contributed by atoms with Gasteiger partial charge in [-0.05, 0) is 43.5 Å². The minimum atomic E-state index is -1.39. The predicted octanol–water partition coefficient (Wildman–Crippen LogP) is 3.91. The van der Waals surface area contributed by atoms with E-state index >= 15 is 0 Å². The van der Waals surface area contributed by atoms with Crippen LogP contribution in [-0.4, -0.2) is 67.2 Å². The second-order valence-electron chi connectivity index (χ2n) is 10.2. The Kier molecular flexibility index (Phi) is 10.4. The summed E-state index contributed by atoms with van der Waals surface area (Å²) in [6.07, 6.45) is -4.42. The predicted molar refractivity (Wildman–Crippen MR) is 149 cm³/mol. The van der Waals surface area contributed by atoms with Crippen molar-refractivity contribution < 1.29 is 47.6 Å². The molecule has 6 unspecified atom stereocenters. The maximum Gasteiger partial charge on any atom is 0.303 e. The maximum absolute atomic E-state index is 13.4. The lowest BCUT2D eigenvalue weighted by molar-refractivity contribution is -0.290. The first-order chi connectivity index (χ1) is 20.0. The molecule has 0 spiro atoms. The Bertz CT molecular complexity index is 1280. The molecule has 2 fully saturated rings. The number of hydrogen-bond acceptors (Lipinski definition) is 10. The maximum atomic E-state index is 13.4. The van der Waals surface area contributed by atoms with E-state index in [0.717, 1.165) is 25.3 Å². The SMILES string of the molecule is CC(=O)OC1C(COC2CC2)OC(Oc2ccc(Cl)cc2C(=O)NC(C)c2ccccc2)C(OC(C)=O)C1OC(C)=O. The van der Waals surface area contributed by atoms with Crippen molar-refractivity contribution in [3.63, 3.8) is 0 Å². The van der Waals surface area contributed by atoms with Crippen molar-refractivity contribution in [2.75, 3.05) is 6.61 Å². The zero-order chi connectivity index (χ0) is 30.4. The molecule has 1 amide bonds. The molecule has 6 atom stereocenters. The molecule has 0 aromatic heterocycles. The van der Waals surface area contributed by atoms with Crippen LogP contribution in [0, 0.1) is 0 Å². The third-order valence-corrected chi connectivity index (χ3v) is 6.83. The van der Waals surface area contributed by atoms with Gasteiger partial charge in [0, 0.05) is 25.8 Å². The van der Waals surface area contributed by atoms with Crippen molar-refractivity contribution in [2.45, 2.75) is 83.4 Å². The number of carbonyl (C=O) groups excluding carboxylic acids is 4. The summed E-state index contributed by atoms with van der Waals surface area (Å²) in [4.78, 5) is 49.7. The van der Waals surface area contributed by atoms with Gasteiger partial charge in [-0.25, -0.2) is 0 Å². The number of esters is 3. The van der Waals surface area contributed by atoms with Gasteiger partial charge in [-0.15, -0.1) is 0 Å². The molecule has 4 rings (SSSR count). The number of nitrogens with one attached hydrogen (secondary N) is 1. The van der Waals surface area contributed by atoms with Crippen molar-refractivity contribution in [1.29, 1.82) is 0 Å². The standard InChI is InChI=1S/C30H34ClNO10/c1-16(20-8-6-5-7-9-20)32-29(36)23-14-21(31)10-13-24(23)41-30-28(40-19(4)35)27(39-18(3)34)26(38-17(2)33)25(42-30)15-37-22-11-12-22/h5-10,13-14,16,22,25-28,30H,11-12,15H2,1-4H3,(H,32,36). The summed E-state index contributed by atoms with van der Waals surface area (Å²) >= 11 is 6.24. The topological polar surface area (TPSA) is 136 Å². The van der Waals surface area contributed by atoms with Gasteiger partial charge in [0.25, 0.3) is 5.91 Å². The summed E-state index contributed by atoms with van der Waals surface area (Å²) in [5.74, 6) is -2.52. The van der Waals surface area contributed by atoms with Crippen LogP contribution in [-0.2, 0) is 38.1 Å². The lowest BCUT2D eigenvalue weighted by atomic mass is 9.98. The highest BCUT2D eigenvalue weighted by Crippen LogP contribution is 2.34. The summed E-state index contributed by atoms with van der Waals surface area (Å²) in [6, 6.07) is 13.5. The van der Waals surface area contributed by atoms with Crippen LogP contribution in [0.2, 0.25) is 5.02 Å². The fraction of sp³-hybridized carbons (Fsp3) is 0.467. The van der Waals surface area contributed by atoms with E-state index in [0.29, 0.717) is 0 Å². The van der Waals surface area contributed by atoms with Gasteiger partial charge in [-0.2, -0.15) is 0 Å². The monoisotopic (exact) mass is 603 g/mol. The molecular weight excluding hydrogens is 570 g/mol. The van der Waals surface area contributed by atoms with E-state index in [1.807, 2.05) is 37.3 Å². The molecule has 1 aliphatic carbocycles. The number of hydrogen-bond donors (Lipinski definition) is 1. The van der Waals surface area contributed by atoms with Gasteiger partial charge in [-0.1, -0.05) is 41.9 Å². The molecule has 2 aromatic carbocycles. The van der Waals surface area contributed by atoms with E-state index in [1.54, 1.807) is 0 Å². The highest BCUT2D eigenvalue weighted by atomic mass is 35.5. The van der Waals surface area contributed by atoms with Crippen molar-refractivity contribution in [3.8, 4) is 5.75 Å². The van der Waals surface area contributed by atoms with Gasteiger partial charge in [-0.3, -0.25) is 19.2 Å². The van der Waals surface area contributed by atoms with Gasteiger partial charge in [0.15, 0.2) is 12.2 Å². The Morgan fingerprint density at radius 2 is 1.52 bits per heavy atom. The number of rotatable bonds is 11. The normalized spacial score (nSPS) is 24.2. The van der Waals surface area contributed by atoms with Crippen LogP contribution in [0.15, 0.2) is 48.5 Å². The highest BCUT2D eigenvalue weighted by molar-refractivity contribution is 6.31. The molecule has 1 N–H and O–H groups in total. The molecule has 0 radical (unpaired) electrons. The molecule has 0 bridgehead atoms. The minimum Gasteiger partial charge on any atom is -0.460 e. The summed E-state index contributed by atoms with van der Waals surface area (Å²) < 4.78 is 34.7. The van der Waals surface area contributed by atoms with E-state index in [-0.39, 0.29) is 35.1 Å².